The van der Waals surface area contributed by atoms with Gasteiger partial charge in [0.25, 0.3) is 0 Å². The molecule has 0 bridgehead atoms. The molecule has 0 aromatic heterocycles. The molecular formula is C59H38F6N2. The average Bonchev–Trinajstić information content (AvgIpc) is 3.35. The van der Waals surface area contributed by atoms with Crippen LogP contribution in [0.15, 0.2) is 211 Å². The van der Waals surface area contributed by atoms with Crippen LogP contribution in [-0.2, 0) is 12.4 Å². The lowest BCUT2D eigenvalue weighted by Crippen LogP contribution is -2.33. The molecule has 1 unspecified atom stereocenters. The number of benzene rings is 10. The number of hydrogen-bond acceptors (Lipinski definition) is 2. The van der Waals surface area contributed by atoms with E-state index in [9.17, 15) is 26.3 Å². The molecular weight excluding hydrogens is 851 g/mol. The second-order valence-corrected chi connectivity index (χ2v) is 16.9. The van der Waals surface area contributed by atoms with E-state index in [0.717, 1.165) is 83.5 Å². The van der Waals surface area contributed by atoms with Crippen LogP contribution in [0.1, 0.15) is 44.9 Å². The smallest absolute Gasteiger partial charge is 0.294 e. The van der Waals surface area contributed by atoms with Gasteiger partial charge in [-0.15, -0.1) is 0 Å². The zero-order chi connectivity index (χ0) is 45.9. The first-order valence-electron chi connectivity index (χ1n) is 21.9. The fourth-order valence-electron chi connectivity index (χ4n) is 9.54. The standard InChI is InChI=1S/C59H38F6N2/c60-58(61,62)46-22-29-53-42(35-46)16-14-40-33-44(20-27-51(40)53)56-31-32-66-57(45-21-28-52-41(34-45)15-17-43-36-47(59(63,64)65)23-30-54(43)52)67(56)48-24-18-39(19-25-48)50(26-13-37-7-2-1-3-8-37)55-12-6-10-38-9-4-5-11-49(38)55/h1-31,33-36,50H,32H2/b26-13+. The second kappa shape index (κ2) is 16.5. The minimum absolute atomic E-state index is 0.0881. The molecule has 326 valence electrons. The Labute approximate surface area is 382 Å². The van der Waals surface area contributed by atoms with Crippen molar-refractivity contribution in [1.82, 2.24) is 0 Å². The predicted molar refractivity (Wildman–Crippen MR) is 262 cm³/mol. The van der Waals surface area contributed by atoms with Crippen LogP contribution in [-0.4, -0.2) is 12.4 Å². The first-order valence-corrected chi connectivity index (χ1v) is 21.9. The molecule has 0 saturated carbocycles. The first-order chi connectivity index (χ1) is 32.5. The molecule has 1 aliphatic heterocycles. The van der Waals surface area contributed by atoms with Gasteiger partial charge in [-0.2, -0.15) is 26.3 Å². The van der Waals surface area contributed by atoms with Crippen molar-refractivity contribution in [3.8, 4) is 0 Å². The van der Waals surface area contributed by atoms with Crippen molar-refractivity contribution in [2.45, 2.75) is 18.3 Å². The van der Waals surface area contributed by atoms with Crippen molar-refractivity contribution in [2.24, 2.45) is 4.99 Å². The molecule has 8 heteroatoms. The number of rotatable bonds is 7. The van der Waals surface area contributed by atoms with Gasteiger partial charge in [0.05, 0.1) is 23.4 Å². The molecule has 0 spiro atoms. The third-order valence-electron chi connectivity index (χ3n) is 12.8. The molecule has 10 aromatic rings. The summed E-state index contributed by atoms with van der Waals surface area (Å²) in [6.07, 6.45) is -2.42. The van der Waals surface area contributed by atoms with Gasteiger partial charge in [0.15, 0.2) is 0 Å². The number of anilines is 1. The summed E-state index contributed by atoms with van der Waals surface area (Å²) in [6, 6.07) is 60.4. The summed E-state index contributed by atoms with van der Waals surface area (Å²) in [4.78, 5) is 7.25. The fourth-order valence-corrected chi connectivity index (χ4v) is 9.54. The maximum Gasteiger partial charge on any atom is 0.416 e. The number of fused-ring (bicyclic) bond motifs is 7. The minimum Gasteiger partial charge on any atom is -0.294 e. The number of nitrogens with zero attached hydrogens (tertiary/aromatic N) is 2. The second-order valence-electron chi connectivity index (χ2n) is 16.9. The molecule has 1 aliphatic rings. The Hall–Kier alpha value is -7.97. The highest BCUT2D eigenvalue weighted by atomic mass is 19.4. The van der Waals surface area contributed by atoms with Crippen molar-refractivity contribution in [2.75, 3.05) is 11.4 Å². The van der Waals surface area contributed by atoms with Gasteiger partial charge in [0.2, 0.25) is 0 Å². The van der Waals surface area contributed by atoms with Crippen LogP contribution in [0.3, 0.4) is 0 Å². The summed E-state index contributed by atoms with van der Waals surface area (Å²) in [7, 11) is 0. The van der Waals surface area contributed by atoms with Crippen molar-refractivity contribution in [1.29, 1.82) is 0 Å². The van der Waals surface area contributed by atoms with E-state index >= 15 is 0 Å². The van der Waals surface area contributed by atoms with E-state index in [4.69, 9.17) is 4.99 Å². The van der Waals surface area contributed by atoms with Crippen LogP contribution in [0.2, 0.25) is 0 Å². The van der Waals surface area contributed by atoms with Crippen molar-refractivity contribution < 1.29 is 26.3 Å². The molecule has 11 rings (SSSR count). The Morgan fingerprint density at radius 2 is 1.00 bits per heavy atom. The lowest BCUT2D eigenvalue weighted by Gasteiger charge is -2.32. The molecule has 0 N–H and O–H groups in total. The fraction of sp³-hybridized carbons (Fsp3) is 0.0678. The molecule has 10 aromatic carbocycles. The molecule has 0 aliphatic carbocycles. The van der Waals surface area contributed by atoms with Crippen molar-refractivity contribution in [3.05, 3.63) is 245 Å². The number of alkyl halides is 6. The monoisotopic (exact) mass is 888 g/mol. The summed E-state index contributed by atoms with van der Waals surface area (Å²) in [5, 5.41) is 8.17. The first kappa shape index (κ1) is 41.7. The van der Waals surface area contributed by atoms with Gasteiger partial charge in [-0.3, -0.25) is 9.89 Å². The molecule has 2 nitrogen and oxygen atoms in total. The highest BCUT2D eigenvalue weighted by molar-refractivity contribution is 6.20. The number of amidine groups is 1. The Morgan fingerprint density at radius 1 is 0.463 bits per heavy atom. The number of hydrogen-bond donors (Lipinski definition) is 0. The molecule has 67 heavy (non-hydrogen) atoms. The van der Waals surface area contributed by atoms with Crippen molar-refractivity contribution in [3.63, 3.8) is 0 Å². The van der Waals surface area contributed by atoms with Crippen LogP contribution in [0.5, 0.6) is 0 Å². The van der Waals surface area contributed by atoms with Gasteiger partial charge in [-0.05, 0) is 131 Å². The highest BCUT2D eigenvalue weighted by Crippen LogP contribution is 2.40. The Kier molecular flexibility index (Phi) is 10.3. The highest BCUT2D eigenvalue weighted by Gasteiger charge is 2.32. The van der Waals surface area contributed by atoms with Crippen LogP contribution in [0, 0.1) is 0 Å². The van der Waals surface area contributed by atoms with E-state index in [-0.39, 0.29) is 5.92 Å². The van der Waals surface area contributed by atoms with Crippen LogP contribution in [0.25, 0.3) is 65.6 Å². The van der Waals surface area contributed by atoms with Gasteiger partial charge in [0.1, 0.15) is 5.84 Å². The third kappa shape index (κ3) is 7.88. The maximum absolute atomic E-state index is 13.6. The predicted octanol–water partition coefficient (Wildman–Crippen LogP) is 16.6. The number of allylic oxidation sites excluding steroid dienone is 1. The molecule has 1 atom stereocenters. The Balaban J connectivity index is 1.03. The normalized spacial score (nSPS) is 14.1. The average molecular weight is 889 g/mol. The quantitative estimate of drug-likeness (QED) is 0.115. The number of aliphatic imine (C=N–C) groups is 1. The van der Waals surface area contributed by atoms with Gasteiger partial charge in [-0.1, -0.05) is 158 Å². The lowest BCUT2D eigenvalue weighted by molar-refractivity contribution is -0.138. The van der Waals surface area contributed by atoms with E-state index in [1.165, 1.54) is 35.2 Å². The minimum atomic E-state index is -4.45. The Bertz CT molecular complexity index is 3480. The van der Waals surface area contributed by atoms with Gasteiger partial charge in [0, 0.05) is 17.2 Å². The molecule has 0 fully saturated rings. The topological polar surface area (TPSA) is 15.6 Å². The summed E-state index contributed by atoms with van der Waals surface area (Å²) >= 11 is 0. The number of halogens is 6. The van der Waals surface area contributed by atoms with Gasteiger partial charge < -0.3 is 0 Å². The van der Waals surface area contributed by atoms with E-state index in [2.05, 4.69) is 102 Å². The lowest BCUT2D eigenvalue weighted by atomic mass is 9.87. The van der Waals surface area contributed by atoms with Crippen LogP contribution >= 0.6 is 0 Å². The van der Waals surface area contributed by atoms with Crippen LogP contribution in [0.4, 0.5) is 32.0 Å². The van der Waals surface area contributed by atoms with Gasteiger partial charge >= 0.3 is 12.4 Å². The SMILES string of the molecule is FC(F)(F)c1ccc2c(ccc3cc(C4=CCN=C(c5ccc6c(ccc7cc(C(F)(F)F)ccc76)c5)N4c4ccc(C(/C=C/c5ccccc5)c5cccc6ccccc56)cc4)ccc32)c1. The van der Waals surface area contributed by atoms with Crippen molar-refractivity contribution >= 4 is 77.2 Å². The molecule has 0 radical (unpaired) electrons. The maximum atomic E-state index is 13.6. The zero-order valence-electron chi connectivity index (χ0n) is 35.7. The summed E-state index contributed by atoms with van der Waals surface area (Å²) in [5.74, 6) is 0.599. The zero-order valence-corrected chi connectivity index (χ0v) is 35.7. The van der Waals surface area contributed by atoms with Crippen LogP contribution < -0.4 is 4.90 Å². The molecule has 0 saturated heterocycles. The molecule has 1 heterocycles. The Morgan fingerprint density at radius 3 is 1.63 bits per heavy atom. The molecule has 0 amide bonds. The van der Waals surface area contributed by atoms with Gasteiger partial charge in [-0.25, -0.2) is 0 Å². The van der Waals surface area contributed by atoms with E-state index in [1.54, 1.807) is 12.1 Å². The van der Waals surface area contributed by atoms with E-state index in [1.807, 2.05) is 66.7 Å². The summed E-state index contributed by atoms with van der Waals surface area (Å²) in [5.41, 5.74) is 5.42. The summed E-state index contributed by atoms with van der Waals surface area (Å²) in [6.45, 7) is 0.374. The largest absolute Gasteiger partial charge is 0.416 e. The summed E-state index contributed by atoms with van der Waals surface area (Å²) < 4.78 is 81.9. The third-order valence-corrected chi connectivity index (χ3v) is 12.8. The van der Waals surface area contributed by atoms with E-state index in [0.29, 0.717) is 23.2 Å². The van der Waals surface area contributed by atoms with E-state index < -0.39 is 23.5 Å².